The maximum absolute atomic E-state index is 13.1. The minimum absolute atomic E-state index is 0.0860. The van der Waals surface area contributed by atoms with Gasteiger partial charge in [0, 0.05) is 23.2 Å². The number of aromatic nitrogens is 3. The quantitative estimate of drug-likeness (QED) is 0.310. The van der Waals surface area contributed by atoms with E-state index in [-0.39, 0.29) is 41.0 Å². The summed E-state index contributed by atoms with van der Waals surface area (Å²) in [5.74, 6) is 0.848. The Hall–Kier alpha value is -3.67. The molecule has 0 saturated heterocycles. The summed E-state index contributed by atoms with van der Waals surface area (Å²) in [6.45, 7) is 0.929. The Kier molecular flexibility index (Phi) is 7.13. The van der Waals surface area contributed by atoms with Crippen LogP contribution in [0, 0.1) is 17.8 Å². The molecule has 2 aromatic heterocycles. The number of nitrogens with one attached hydrogen (secondary N) is 2. The molecular formula is C29H32F3N5O4. The van der Waals surface area contributed by atoms with Crippen LogP contribution in [-0.2, 0) is 6.54 Å². The van der Waals surface area contributed by atoms with Crippen LogP contribution in [0.2, 0.25) is 0 Å². The smallest absolute Gasteiger partial charge is 0.416 e. The third-order valence-corrected chi connectivity index (χ3v) is 8.12. The van der Waals surface area contributed by atoms with Crippen LogP contribution in [0.25, 0.3) is 22.7 Å². The van der Waals surface area contributed by atoms with E-state index in [1.54, 1.807) is 24.3 Å². The predicted octanol–water partition coefficient (Wildman–Crippen LogP) is 4.58. The van der Waals surface area contributed by atoms with Crippen molar-refractivity contribution >= 4 is 11.8 Å². The highest BCUT2D eigenvalue weighted by Gasteiger charge is 2.43. The highest BCUT2D eigenvalue weighted by atomic mass is 19.4. The van der Waals surface area contributed by atoms with Gasteiger partial charge in [-0.15, -0.1) is 0 Å². The highest BCUT2D eigenvalue weighted by Crippen LogP contribution is 2.44. The van der Waals surface area contributed by atoms with Crippen molar-refractivity contribution < 1.29 is 32.3 Å². The monoisotopic (exact) mass is 571 g/mol. The number of carbonyl (C=O) groups excluding carboxylic acids is 2. The van der Waals surface area contributed by atoms with Gasteiger partial charge in [-0.3, -0.25) is 14.3 Å². The van der Waals surface area contributed by atoms with Gasteiger partial charge in [0.15, 0.2) is 6.10 Å². The van der Waals surface area contributed by atoms with E-state index < -0.39 is 24.7 Å². The van der Waals surface area contributed by atoms with Crippen molar-refractivity contribution in [2.45, 2.75) is 76.4 Å². The molecule has 0 aliphatic heterocycles. The first kappa shape index (κ1) is 27.5. The number of halogens is 3. The van der Waals surface area contributed by atoms with Crippen molar-refractivity contribution in [1.29, 1.82) is 0 Å². The molecule has 3 fully saturated rings. The Morgan fingerprint density at radius 2 is 1.68 bits per heavy atom. The molecule has 2 amide bonds. The summed E-state index contributed by atoms with van der Waals surface area (Å²) in [6.07, 6.45) is 0.304. The normalized spacial score (nSPS) is 18.8. The molecule has 6 rings (SSSR count). The lowest BCUT2D eigenvalue weighted by atomic mass is 10.1. The zero-order valence-corrected chi connectivity index (χ0v) is 22.5. The third kappa shape index (κ3) is 6.32. The van der Waals surface area contributed by atoms with Gasteiger partial charge in [0.1, 0.15) is 5.69 Å². The van der Waals surface area contributed by atoms with Crippen molar-refractivity contribution in [3.8, 4) is 22.7 Å². The van der Waals surface area contributed by atoms with Gasteiger partial charge < -0.3 is 20.2 Å². The second kappa shape index (κ2) is 10.6. The number of rotatable bonds is 11. The molecule has 1 aromatic carbocycles. The molecule has 0 radical (unpaired) electrons. The summed E-state index contributed by atoms with van der Waals surface area (Å²) < 4.78 is 46.1. The Morgan fingerprint density at radius 1 is 1.02 bits per heavy atom. The number of nitrogens with zero attached hydrogens (tertiary/aromatic N) is 3. The number of aliphatic hydroxyl groups excluding tert-OH is 1. The standard InChI is InChI=1S/C29H32F3N5O4/c1-15(16-5-6-16)34-26(39)22-12-21(36-37(22)14-24(38)29(30,31)32)19-3-2-4-20(11-19)28-33-13-23(41-28)27(40)35-25(17-7-8-17)18-9-10-18/h2-4,11-13,15-18,24-25,38H,5-10,14H2,1H3,(H,34,39)(H,35,40)/t15-,24?/m0/s1. The minimum Gasteiger partial charge on any atom is -0.431 e. The first-order valence-corrected chi connectivity index (χ1v) is 14.1. The molecule has 3 aliphatic rings. The molecule has 9 nitrogen and oxygen atoms in total. The van der Waals surface area contributed by atoms with Gasteiger partial charge in [0.2, 0.25) is 11.7 Å². The first-order valence-electron chi connectivity index (χ1n) is 14.1. The maximum Gasteiger partial charge on any atom is 0.416 e. The van der Waals surface area contributed by atoms with E-state index in [1.165, 1.54) is 12.3 Å². The number of hydrogen-bond acceptors (Lipinski definition) is 6. The fourth-order valence-corrected chi connectivity index (χ4v) is 5.22. The van der Waals surface area contributed by atoms with Crippen LogP contribution in [-0.4, -0.2) is 56.0 Å². The lowest BCUT2D eigenvalue weighted by molar-refractivity contribution is -0.208. The van der Waals surface area contributed by atoms with Crippen LogP contribution >= 0.6 is 0 Å². The maximum atomic E-state index is 13.1. The number of carbonyl (C=O) groups is 2. The van der Waals surface area contributed by atoms with Gasteiger partial charge in [-0.25, -0.2) is 4.98 Å². The lowest BCUT2D eigenvalue weighted by Gasteiger charge is -2.17. The number of aliphatic hydroxyl groups is 1. The van der Waals surface area contributed by atoms with Gasteiger partial charge in [0.25, 0.3) is 11.8 Å². The topological polar surface area (TPSA) is 122 Å². The fourth-order valence-electron chi connectivity index (χ4n) is 5.22. The van der Waals surface area contributed by atoms with Crippen molar-refractivity contribution in [2.24, 2.45) is 17.8 Å². The predicted molar refractivity (Wildman–Crippen MR) is 142 cm³/mol. The molecule has 3 aliphatic carbocycles. The zero-order chi connectivity index (χ0) is 28.9. The van der Waals surface area contributed by atoms with Crippen LogP contribution in [0.1, 0.15) is 66.5 Å². The fraction of sp³-hybridized carbons (Fsp3) is 0.517. The summed E-state index contributed by atoms with van der Waals surface area (Å²) in [5, 5.41) is 19.9. The van der Waals surface area contributed by atoms with Gasteiger partial charge >= 0.3 is 6.18 Å². The largest absolute Gasteiger partial charge is 0.431 e. The van der Waals surface area contributed by atoms with E-state index in [2.05, 4.69) is 20.7 Å². The van der Waals surface area contributed by atoms with E-state index in [1.807, 2.05) is 6.92 Å². The molecule has 12 heteroatoms. The average Bonchev–Trinajstić information content (AvgIpc) is 3.82. The molecule has 1 unspecified atom stereocenters. The average molecular weight is 572 g/mol. The summed E-state index contributed by atoms with van der Waals surface area (Å²) in [7, 11) is 0. The number of hydrogen-bond donors (Lipinski definition) is 3. The molecule has 2 atom stereocenters. The number of alkyl halides is 3. The van der Waals surface area contributed by atoms with E-state index in [0.29, 0.717) is 28.9 Å². The van der Waals surface area contributed by atoms with Crippen molar-refractivity contribution in [2.75, 3.05) is 0 Å². The van der Waals surface area contributed by atoms with Crippen LogP contribution in [0.15, 0.2) is 40.9 Å². The van der Waals surface area contributed by atoms with E-state index in [9.17, 15) is 27.9 Å². The number of amides is 2. The molecule has 0 spiro atoms. The van der Waals surface area contributed by atoms with Crippen molar-refractivity contribution in [3.63, 3.8) is 0 Å². The molecule has 3 aromatic rings. The van der Waals surface area contributed by atoms with Crippen molar-refractivity contribution in [1.82, 2.24) is 25.4 Å². The summed E-state index contributed by atoms with van der Waals surface area (Å²) in [5.41, 5.74) is 1.18. The Balaban J connectivity index is 1.23. The third-order valence-electron chi connectivity index (χ3n) is 8.12. The van der Waals surface area contributed by atoms with E-state index in [0.717, 1.165) is 43.2 Å². The van der Waals surface area contributed by atoms with E-state index in [4.69, 9.17) is 4.42 Å². The Labute approximate surface area is 234 Å². The summed E-state index contributed by atoms with van der Waals surface area (Å²) in [6, 6.07) is 8.23. The summed E-state index contributed by atoms with van der Waals surface area (Å²) >= 11 is 0. The van der Waals surface area contributed by atoms with Gasteiger partial charge in [-0.1, -0.05) is 12.1 Å². The first-order chi connectivity index (χ1) is 19.6. The van der Waals surface area contributed by atoms with Gasteiger partial charge in [-0.2, -0.15) is 18.3 Å². The number of benzene rings is 1. The van der Waals surface area contributed by atoms with Gasteiger partial charge in [-0.05, 0) is 81.4 Å². The van der Waals surface area contributed by atoms with Gasteiger partial charge in [0.05, 0.1) is 18.4 Å². The second-order valence-electron chi connectivity index (χ2n) is 11.5. The molecule has 3 saturated carbocycles. The van der Waals surface area contributed by atoms with Crippen LogP contribution < -0.4 is 10.6 Å². The molecule has 2 heterocycles. The molecular weight excluding hydrogens is 539 g/mol. The zero-order valence-electron chi connectivity index (χ0n) is 22.5. The van der Waals surface area contributed by atoms with Crippen LogP contribution in [0.5, 0.6) is 0 Å². The highest BCUT2D eigenvalue weighted by molar-refractivity contribution is 5.94. The summed E-state index contributed by atoms with van der Waals surface area (Å²) in [4.78, 5) is 30.1. The lowest BCUT2D eigenvalue weighted by Crippen LogP contribution is -2.38. The van der Waals surface area contributed by atoms with E-state index >= 15 is 0 Å². The van der Waals surface area contributed by atoms with Crippen LogP contribution in [0.3, 0.4) is 0 Å². The Morgan fingerprint density at radius 3 is 2.32 bits per heavy atom. The number of oxazole rings is 1. The Bertz CT molecular complexity index is 1430. The SMILES string of the molecule is C[C@H](NC(=O)c1cc(-c2cccc(-c3ncc(C(=O)NC(C4CC4)C4CC4)o3)c2)nn1CC(O)C(F)(F)F)C1CC1. The molecule has 3 N–H and O–H groups in total. The second-order valence-corrected chi connectivity index (χ2v) is 11.5. The van der Waals surface area contributed by atoms with Crippen molar-refractivity contribution in [3.05, 3.63) is 48.0 Å². The van der Waals surface area contributed by atoms with Crippen LogP contribution in [0.4, 0.5) is 13.2 Å². The molecule has 41 heavy (non-hydrogen) atoms. The minimum atomic E-state index is -4.87. The molecule has 0 bridgehead atoms. The molecule has 218 valence electrons.